The van der Waals surface area contributed by atoms with Crippen LogP contribution < -0.4 is 0 Å². The Kier molecular flexibility index (Phi) is 4.54. The molecule has 0 aromatic heterocycles. The summed E-state index contributed by atoms with van der Waals surface area (Å²) in [5.74, 6) is 1.97. The van der Waals surface area contributed by atoms with E-state index in [0.717, 1.165) is 5.56 Å². The van der Waals surface area contributed by atoms with Gasteiger partial charge < -0.3 is 9.47 Å². The van der Waals surface area contributed by atoms with Gasteiger partial charge in [-0.25, -0.2) is 0 Å². The van der Waals surface area contributed by atoms with Crippen molar-refractivity contribution in [2.24, 2.45) is 0 Å². The summed E-state index contributed by atoms with van der Waals surface area (Å²) < 4.78 is 11.2. The van der Waals surface area contributed by atoms with Crippen LogP contribution in [0.15, 0.2) is 30.3 Å². The highest BCUT2D eigenvalue weighted by atomic mass is 16.7. The molecule has 2 nitrogen and oxygen atoms in total. The first-order chi connectivity index (χ1) is 7.59. The van der Waals surface area contributed by atoms with Gasteiger partial charge in [0.15, 0.2) is 5.79 Å². The Morgan fingerprint density at radius 2 is 1.94 bits per heavy atom. The summed E-state index contributed by atoms with van der Waals surface area (Å²) in [6, 6.07) is 9.73. The fourth-order valence-corrected chi connectivity index (χ4v) is 1.49. The van der Waals surface area contributed by atoms with Crippen molar-refractivity contribution < 1.29 is 9.47 Å². The van der Waals surface area contributed by atoms with Crippen LogP contribution in [-0.2, 0) is 9.47 Å². The lowest BCUT2D eigenvalue weighted by Gasteiger charge is -2.28. The van der Waals surface area contributed by atoms with Crippen molar-refractivity contribution in [3.63, 3.8) is 0 Å². The molecule has 0 aliphatic rings. The number of hydrogen-bond acceptors (Lipinski definition) is 2. The maximum Gasteiger partial charge on any atom is 0.164 e. The van der Waals surface area contributed by atoms with E-state index in [9.17, 15) is 0 Å². The molecule has 2 heteroatoms. The van der Waals surface area contributed by atoms with Crippen LogP contribution in [0.5, 0.6) is 0 Å². The van der Waals surface area contributed by atoms with E-state index in [1.807, 2.05) is 51.1 Å². The van der Waals surface area contributed by atoms with Crippen LogP contribution in [0.4, 0.5) is 0 Å². The first-order valence-corrected chi connectivity index (χ1v) is 5.42. The minimum absolute atomic E-state index is 0.372. The van der Waals surface area contributed by atoms with Crippen LogP contribution in [-0.4, -0.2) is 12.4 Å². The number of terminal acetylenes is 1. The third-order valence-corrected chi connectivity index (χ3v) is 2.15. The summed E-state index contributed by atoms with van der Waals surface area (Å²) in [5.41, 5.74) is 0.970. The van der Waals surface area contributed by atoms with Gasteiger partial charge in [0.25, 0.3) is 0 Å². The topological polar surface area (TPSA) is 18.5 Å². The quantitative estimate of drug-likeness (QED) is 0.558. The van der Waals surface area contributed by atoms with Crippen molar-refractivity contribution in [1.29, 1.82) is 0 Å². The fourth-order valence-electron chi connectivity index (χ4n) is 1.49. The van der Waals surface area contributed by atoms with Gasteiger partial charge in [0.05, 0.1) is 0 Å². The highest BCUT2D eigenvalue weighted by Gasteiger charge is 2.23. The van der Waals surface area contributed by atoms with E-state index in [0.29, 0.717) is 6.61 Å². The van der Waals surface area contributed by atoms with Gasteiger partial charge in [-0.2, -0.15) is 0 Å². The normalized spacial score (nSPS) is 13.1. The molecule has 0 amide bonds. The maximum absolute atomic E-state index is 5.76. The van der Waals surface area contributed by atoms with Gasteiger partial charge in [0.2, 0.25) is 0 Å². The molecular formula is C14H18O2. The van der Waals surface area contributed by atoms with Gasteiger partial charge in [-0.3, -0.25) is 0 Å². The summed E-state index contributed by atoms with van der Waals surface area (Å²) in [6.45, 7) is 6.26. The number of benzene rings is 1. The Hall–Kier alpha value is -1.30. The van der Waals surface area contributed by atoms with Crippen LogP contribution in [0.1, 0.15) is 32.4 Å². The molecule has 1 aromatic rings. The van der Waals surface area contributed by atoms with Crippen LogP contribution in [0.3, 0.4) is 0 Å². The zero-order chi connectivity index (χ0) is 12.0. The Balaban J connectivity index is 2.75. The summed E-state index contributed by atoms with van der Waals surface area (Å²) in [4.78, 5) is 0. The molecule has 0 radical (unpaired) electrons. The van der Waals surface area contributed by atoms with E-state index in [2.05, 4.69) is 5.92 Å². The van der Waals surface area contributed by atoms with Crippen molar-refractivity contribution in [2.75, 3.05) is 6.61 Å². The minimum Gasteiger partial charge on any atom is -0.351 e. The third kappa shape index (κ3) is 3.69. The average Bonchev–Trinajstić information content (AvgIpc) is 2.27. The van der Waals surface area contributed by atoms with E-state index in [1.54, 1.807) is 0 Å². The number of rotatable bonds is 5. The van der Waals surface area contributed by atoms with Crippen molar-refractivity contribution in [3.8, 4) is 12.3 Å². The monoisotopic (exact) mass is 218 g/mol. The van der Waals surface area contributed by atoms with Crippen molar-refractivity contribution in [1.82, 2.24) is 0 Å². The van der Waals surface area contributed by atoms with E-state index in [4.69, 9.17) is 15.9 Å². The molecule has 0 spiro atoms. The third-order valence-electron chi connectivity index (χ3n) is 2.15. The SMILES string of the molecule is C#CC(OC(C)(C)OCC)c1ccccc1. The van der Waals surface area contributed by atoms with Crippen molar-refractivity contribution >= 4 is 0 Å². The van der Waals surface area contributed by atoms with E-state index in [-0.39, 0.29) is 6.10 Å². The molecule has 0 bridgehead atoms. The van der Waals surface area contributed by atoms with Gasteiger partial charge in [-0.15, -0.1) is 6.42 Å². The molecule has 0 saturated carbocycles. The molecular weight excluding hydrogens is 200 g/mol. The first-order valence-electron chi connectivity index (χ1n) is 5.42. The lowest BCUT2D eigenvalue weighted by Crippen LogP contribution is -2.30. The first kappa shape index (κ1) is 12.8. The lowest BCUT2D eigenvalue weighted by atomic mass is 10.1. The predicted octanol–water partition coefficient (Wildman–Crippen LogP) is 3.15. The molecule has 0 heterocycles. The molecule has 1 unspecified atom stereocenters. The van der Waals surface area contributed by atoms with Gasteiger partial charge >= 0.3 is 0 Å². The molecule has 86 valence electrons. The van der Waals surface area contributed by atoms with E-state index < -0.39 is 5.79 Å². The number of hydrogen-bond donors (Lipinski definition) is 0. The Morgan fingerprint density at radius 3 is 2.44 bits per heavy atom. The van der Waals surface area contributed by atoms with Crippen LogP contribution >= 0.6 is 0 Å². The molecule has 1 rings (SSSR count). The second kappa shape index (κ2) is 5.69. The zero-order valence-electron chi connectivity index (χ0n) is 10.1. The van der Waals surface area contributed by atoms with Crippen LogP contribution in [0, 0.1) is 12.3 Å². The second-order valence-electron chi connectivity index (χ2n) is 3.91. The summed E-state index contributed by atoms with van der Waals surface area (Å²) in [7, 11) is 0. The fraction of sp³-hybridized carbons (Fsp3) is 0.429. The van der Waals surface area contributed by atoms with Gasteiger partial charge in [-0.05, 0) is 26.3 Å². The molecule has 0 fully saturated rings. The standard InChI is InChI=1S/C14H18O2/c1-5-13(12-10-8-7-9-11-12)16-14(3,4)15-6-2/h1,7-11,13H,6H2,2-4H3. The molecule has 16 heavy (non-hydrogen) atoms. The van der Waals surface area contributed by atoms with Gasteiger partial charge in [0, 0.05) is 6.61 Å². The molecule has 0 N–H and O–H groups in total. The van der Waals surface area contributed by atoms with E-state index in [1.165, 1.54) is 0 Å². The second-order valence-corrected chi connectivity index (χ2v) is 3.91. The Bertz CT molecular complexity index is 349. The van der Waals surface area contributed by atoms with Gasteiger partial charge in [-0.1, -0.05) is 36.3 Å². The smallest absolute Gasteiger partial charge is 0.164 e. The Morgan fingerprint density at radius 1 is 1.31 bits per heavy atom. The summed E-state index contributed by atoms with van der Waals surface area (Å²) in [6.07, 6.45) is 5.11. The van der Waals surface area contributed by atoms with Crippen molar-refractivity contribution in [3.05, 3.63) is 35.9 Å². The highest BCUT2D eigenvalue weighted by molar-refractivity contribution is 5.23. The maximum atomic E-state index is 5.76. The van der Waals surface area contributed by atoms with Gasteiger partial charge in [0.1, 0.15) is 6.10 Å². The van der Waals surface area contributed by atoms with Crippen LogP contribution in [0.25, 0.3) is 0 Å². The molecule has 0 aliphatic heterocycles. The molecule has 1 aromatic carbocycles. The zero-order valence-corrected chi connectivity index (χ0v) is 10.1. The number of ether oxygens (including phenoxy) is 2. The largest absolute Gasteiger partial charge is 0.351 e. The lowest BCUT2D eigenvalue weighted by molar-refractivity contribution is -0.226. The van der Waals surface area contributed by atoms with E-state index >= 15 is 0 Å². The molecule has 0 aliphatic carbocycles. The Labute approximate surface area is 97.6 Å². The summed E-state index contributed by atoms with van der Waals surface area (Å²) >= 11 is 0. The predicted molar refractivity (Wildman–Crippen MR) is 64.8 cm³/mol. The average molecular weight is 218 g/mol. The van der Waals surface area contributed by atoms with Crippen molar-refractivity contribution in [2.45, 2.75) is 32.7 Å². The summed E-state index contributed by atoms with van der Waals surface area (Å²) in [5, 5.41) is 0. The highest BCUT2D eigenvalue weighted by Crippen LogP contribution is 2.24. The molecule has 1 atom stereocenters. The minimum atomic E-state index is -0.665. The van der Waals surface area contributed by atoms with Crippen LogP contribution in [0.2, 0.25) is 0 Å². The molecule has 0 saturated heterocycles.